The van der Waals surface area contributed by atoms with Crippen LogP contribution in [0.2, 0.25) is 0 Å². The van der Waals surface area contributed by atoms with E-state index in [1.165, 1.54) is 43.6 Å². The average molecular weight is 235 g/mol. The number of aryl methyl sites for hydroxylation is 1. The van der Waals surface area contributed by atoms with Crippen molar-refractivity contribution in [2.75, 3.05) is 26.3 Å². The highest BCUT2D eigenvalue weighted by atomic mass is 16.5. The van der Waals surface area contributed by atoms with Gasteiger partial charge in [0.1, 0.15) is 0 Å². The van der Waals surface area contributed by atoms with Crippen molar-refractivity contribution in [3.05, 3.63) is 17.5 Å². The van der Waals surface area contributed by atoms with Crippen LogP contribution in [-0.2, 0) is 4.74 Å². The van der Waals surface area contributed by atoms with Gasteiger partial charge in [0, 0.05) is 37.4 Å². The number of ether oxygens (including phenoxy) is 1. The molecule has 0 saturated carbocycles. The number of aromatic nitrogens is 2. The molecule has 17 heavy (non-hydrogen) atoms. The maximum absolute atomic E-state index is 5.43. The Morgan fingerprint density at radius 3 is 2.88 bits per heavy atom. The fourth-order valence-electron chi connectivity index (χ4n) is 3.17. The third-order valence-electron chi connectivity index (χ3n) is 4.20. The van der Waals surface area contributed by atoms with E-state index in [2.05, 4.69) is 22.0 Å². The molecule has 2 aliphatic rings. The Balaban J connectivity index is 1.63. The van der Waals surface area contributed by atoms with Crippen LogP contribution in [0.5, 0.6) is 0 Å². The maximum atomic E-state index is 5.43. The number of hydrogen-bond donors (Lipinski definition) is 1. The Bertz CT molecular complexity index is 370. The lowest BCUT2D eigenvalue weighted by molar-refractivity contribution is 0.0419. The smallest absolute Gasteiger partial charge is 0.0519 e. The highest BCUT2D eigenvalue weighted by Crippen LogP contribution is 2.30. The van der Waals surface area contributed by atoms with Gasteiger partial charge in [-0.3, -0.25) is 10.00 Å². The van der Waals surface area contributed by atoms with Crippen molar-refractivity contribution >= 4 is 0 Å². The number of nitrogens with zero attached hydrogens (tertiary/aromatic N) is 2. The van der Waals surface area contributed by atoms with Crippen LogP contribution in [0.1, 0.15) is 36.4 Å². The van der Waals surface area contributed by atoms with E-state index in [0.29, 0.717) is 5.92 Å². The van der Waals surface area contributed by atoms with E-state index in [0.717, 1.165) is 19.3 Å². The fraction of sp³-hybridized carbons (Fsp3) is 0.769. The molecule has 4 heteroatoms. The molecular formula is C13H21N3O. The molecule has 1 aromatic rings. The summed E-state index contributed by atoms with van der Waals surface area (Å²) < 4.78 is 5.43. The Hall–Kier alpha value is -0.870. The summed E-state index contributed by atoms with van der Waals surface area (Å²) in [4.78, 5) is 2.65. The van der Waals surface area contributed by atoms with E-state index in [1.807, 2.05) is 6.20 Å². The average Bonchev–Trinajstić information content (AvgIpc) is 2.98. The highest BCUT2D eigenvalue weighted by molar-refractivity contribution is 5.20. The summed E-state index contributed by atoms with van der Waals surface area (Å²) in [6.07, 6.45) is 5.61. The second kappa shape index (κ2) is 4.78. The first kappa shape index (κ1) is 11.2. The number of aromatic amines is 1. The molecule has 4 nitrogen and oxygen atoms in total. The first-order chi connectivity index (χ1) is 8.34. The van der Waals surface area contributed by atoms with E-state index in [4.69, 9.17) is 4.74 Å². The summed E-state index contributed by atoms with van der Waals surface area (Å²) in [6.45, 7) is 6.45. The monoisotopic (exact) mass is 235 g/mol. The molecule has 0 unspecified atom stereocenters. The number of H-pyrrole nitrogens is 1. The number of likely N-dealkylation sites (tertiary alicyclic amines) is 1. The van der Waals surface area contributed by atoms with Crippen LogP contribution in [0.25, 0.3) is 0 Å². The van der Waals surface area contributed by atoms with E-state index >= 15 is 0 Å². The zero-order valence-corrected chi connectivity index (χ0v) is 10.5. The minimum atomic E-state index is 0.653. The van der Waals surface area contributed by atoms with Crippen LogP contribution in [0, 0.1) is 6.92 Å². The van der Waals surface area contributed by atoms with Gasteiger partial charge in [-0.05, 0) is 38.3 Å². The van der Waals surface area contributed by atoms with Crippen molar-refractivity contribution in [3.8, 4) is 0 Å². The summed E-state index contributed by atoms with van der Waals surface area (Å²) in [7, 11) is 0. The molecular weight excluding hydrogens is 214 g/mol. The van der Waals surface area contributed by atoms with Gasteiger partial charge in [0.25, 0.3) is 0 Å². The Kier molecular flexibility index (Phi) is 3.16. The van der Waals surface area contributed by atoms with Crippen molar-refractivity contribution in [1.29, 1.82) is 0 Å². The summed E-state index contributed by atoms with van der Waals surface area (Å²) in [5, 5.41) is 7.31. The molecule has 1 atom stereocenters. The van der Waals surface area contributed by atoms with Crippen LogP contribution >= 0.6 is 0 Å². The first-order valence-corrected chi connectivity index (χ1v) is 6.66. The van der Waals surface area contributed by atoms with Crippen LogP contribution in [0.15, 0.2) is 6.20 Å². The van der Waals surface area contributed by atoms with Crippen molar-refractivity contribution in [3.63, 3.8) is 0 Å². The molecule has 0 radical (unpaired) electrons. The molecule has 3 heterocycles. The lowest BCUT2D eigenvalue weighted by Gasteiger charge is -2.31. The topological polar surface area (TPSA) is 41.2 Å². The molecule has 2 aliphatic heterocycles. The predicted molar refractivity (Wildman–Crippen MR) is 66.1 cm³/mol. The minimum absolute atomic E-state index is 0.653. The second-order valence-corrected chi connectivity index (χ2v) is 5.29. The van der Waals surface area contributed by atoms with E-state index in [-0.39, 0.29) is 0 Å². The van der Waals surface area contributed by atoms with Gasteiger partial charge in [-0.1, -0.05) is 0 Å². The Labute approximate surface area is 102 Å². The van der Waals surface area contributed by atoms with Gasteiger partial charge in [0.05, 0.1) is 6.20 Å². The summed E-state index contributed by atoms with van der Waals surface area (Å²) in [5.74, 6) is 0.653. The zero-order chi connectivity index (χ0) is 11.7. The predicted octanol–water partition coefficient (Wildman–Crippen LogP) is 1.69. The van der Waals surface area contributed by atoms with Crippen molar-refractivity contribution in [2.45, 2.75) is 38.1 Å². The standard InChI is InChI=1S/C13H21N3O/c1-10-8-14-15-13(10)11-2-5-16(9-11)12-3-6-17-7-4-12/h8,11-12H,2-7,9H2,1H3,(H,14,15)/t11-/m1/s1. The van der Waals surface area contributed by atoms with E-state index in [1.54, 1.807) is 0 Å². The van der Waals surface area contributed by atoms with Crippen LogP contribution in [0.4, 0.5) is 0 Å². The number of nitrogens with one attached hydrogen (secondary N) is 1. The van der Waals surface area contributed by atoms with Gasteiger partial charge in [-0.25, -0.2) is 0 Å². The van der Waals surface area contributed by atoms with E-state index < -0.39 is 0 Å². The molecule has 2 saturated heterocycles. The van der Waals surface area contributed by atoms with Gasteiger partial charge in [0.15, 0.2) is 0 Å². The molecule has 1 aromatic heterocycles. The molecule has 2 fully saturated rings. The number of rotatable bonds is 2. The van der Waals surface area contributed by atoms with Crippen molar-refractivity contribution in [2.24, 2.45) is 0 Å². The lowest BCUT2D eigenvalue weighted by atomic mass is 10.0. The van der Waals surface area contributed by atoms with Gasteiger partial charge in [-0.2, -0.15) is 5.10 Å². The largest absolute Gasteiger partial charge is 0.381 e. The first-order valence-electron chi connectivity index (χ1n) is 6.66. The van der Waals surface area contributed by atoms with Gasteiger partial charge < -0.3 is 4.74 Å². The molecule has 94 valence electrons. The van der Waals surface area contributed by atoms with Gasteiger partial charge in [0.2, 0.25) is 0 Å². The third-order valence-corrected chi connectivity index (χ3v) is 4.20. The molecule has 0 aliphatic carbocycles. The lowest BCUT2D eigenvalue weighted by Crippen LogP contribution is -2.37. The molecule has 3 rings (SSSR count). The van der Waals surface area contributed by atoms with Crippen LogP contribution in [-0.4, -0.2) is 47.4 Å². The molecule has 0 amide bonds. The molecule has 0 spiro atoms. The van der Waals surface area contributed by atoms with Crippen molar-refractivity contribution < 1.29 is 4.74 Å². The Morgan fingerprint density at radius 1 is 1.35 bits per heavy atom. The van der Waals surface area contributed by atoms with Crippen LogP contribution in [0.3, 0.4) is 0 Å². The maximum Gasteiger partial charge on any atom is 0.0519 e. The third kappa shape index (κ3) is 2.24. The molecule has 0 bridgehead atoms. The van der Waals surface area contributed by atoms with Gasteiger partial charge >= 0.3 is 0 Å². The second-order valence-electron chi connectivity index (χ2n) is 5.29. The highest BCUT2D eigenvalue weighted by Gasteiger charge is 2.31. The normalized spacial score (nSPS) is 27.7. The van der Waals surface area contributed by atoms with Crippen molar-refractivity contribution in [1.82, 2.24) is 15.1 Å². The summed E-state index contributed by atoms with van der Waals surface area (Å²) >= 11 is 0. The quantitative estimate of drug-likeness (QED) is 0.848. The van der Waals surface area contributed by atoms with Gasteiger partial charge in [-0.15, -0.1) is 0 Å². The van der Waals surface area contributed by atoms with Crippen LogP contribution < -0.4 is 0 Å². The minimum Gasteiger partial charge on any atom is -0.381 e. The zero-order valence-electron chi connectivity index (χ0n) is 10.5. The molecule has 0 aromatic carbocycles. The number of hydrogen-bond acceptors (Lipinski definition) is 3. The summed E-state index contributed by atoms with van der Waals surface area (Å²) in [5.41, 5.74) is 2.66. The Morgan fingerprint density at radius 2 is 2.18 bits per heavy atom. The SMILES string of the molecule is Cc1cn[nH]c1[C@@H]1CCN(C2CCOCC2)C1. The van der Waals surface area contributed by atoms with E-state index in [9.17, 15) is 0 Å². The summed E-state index contributed by atoms with van der Waals surface area (Å²) in [6, 6.07) is 0.747. The fourth-order valence-corrected chi connectivity index (χ4v) is 3.17. The molecule has 1 N–H and O–H groups in total.